The van der Waals surface area contributed by atoms with Crippen LogP contribution in [0.5, 0.6) is 11.5 Å². The molecular formula is C16H13ClN2O. The van der Waals surface area contributed by atoms with Gasteiger partial charge < -0.3 is 4.74 Å². The predicted octanol–water partition coefficient (Wildman–Crippen LogP) is 4.38. The maximum Gasteiger partial charge on any atom is 0.165 e. The van der Waals surface area contributed by atoms with Crippen molar-refractivity contribution in [3.63, 3.8) is 0 Å². The second-order valence-electron chi connectivity index (χ2n) is 4.42. The standard InChI is InChI=1S/C16H13ClN2O/c17-14-7-4-8-15(9-14)20-16-10-18-19(12-16)11-13-5-2-1-3-6-13/h1-10,12H,11H2. The van der Waals surface area contributed by atoms with Gasteiger partial charge in [-0.15, -0.1) is 0 Å². The van der Waals surface area contributed by atoms with Crippen LogP contribution in [0.15, 0.2) is 67.0 Å². The van der Waals surface area contributed by atoms with E-state index in [4.69, 9.17) is 16.3 Å². The van der Waals surface area contributed by atoms with Crippen molar-refractivity contribution in [2.75, 3.05) is 0 Å². The molecule has 100 valence electrons. The minimum atomic E-state index is 0.652. The highest BCUT2D eigenvalue weighted by molar-refractivity contribution is 6.30. The quantitative estimate of drug-likeness (QED) is 0.711. The fraction of sp³-hybridized carbons (Fsp3) is 0.0625. The molecule has 0 atom stereocenters. The molecule has 3 nitrogen and oxygen atoms in total. The Labute approximate surface area is 122 Å². The van der Waals surface area contributed by atoms with Gasteiger partial charge in [-0.1, -0.05) is 48.0 Å². The summed E-state index contributed by atoms with van der Waals surface area (Å²) in [5, 5.41) is 4.94. The van der Waals surface area contributed by atoms with Crippen molar-refractivity contribution in [2.45, 2.75) is 6.54 Å². The van der Waals surface area contributed by atoms with Crippen LogP contribution >= 0.6 is 11.6 Å². The van der Waals surface area contributed by atoms with E-state index in [1.54, 1.807) is 12.3 Å². The van der Waals surface area contributed by atoms with Crippen LogP contribution in [0.3, 0.4) is 0 Å². The van der Waals surface area contributed by atoms with Crippen LogP contribution in [0.25, 0.3) is 0 Å². The molecular weight excluding hydrogens is 272 g/mol. The first-order valence-electron chi connectivity index (χ1n) is 6.29. The highest BCUT2D eigenvalue weighted by Crippen LogP contribution is 2.23. The molecule has 0 amide bonds. The van der Waals surface area contributed by atoms with E-state index >= 15 is 0 Å². The lowest BCUT2D eigenvalue weighted by Crippen LogP contribution is -1.99. The summed E-state index contributed by atoms with van der Waals surface area (Å²) in [4.78, 5) is 0. The van der Waals surface area contributed by atoms with E-state index in [0.29, 0.717) is 16.5 Å². The molecule has 0 unspecified atom stereocenters. The lowest BCUT2D eigenvalue weighted by Gasteiger charge is -2.03. The zero-order valence-electron chi connectivity index (χ0n) is 10.7. The Kier molecular flexibility index (Phi) is 3.70. The number of hydrogen-bond donors (Lipinski definition) is 0. The molecule has 3 aromatic rings. The summed E-state index contributed by atoms with van der Waals surface area (Å²) >= 11 is 5.92. The summed E-state index contributed by atoms with van der Waals surface area (Å²) in [5.74, 6) is 1.40. The molecule has 0 N–H and O–H groups in total. The summed E-state index contributed by atoms with van der Waals surface area (Å²) in [6.07, 6.45) is 3.57. The number of ether oxygens (including phenoxy) is 1. The van der Waals surface area contributed by atoms with Gasteiger partial charge >= 0.3 is 0 Å². The molecule has 4 heteroatoms. The molecule has 1 aromatic heterocycles. The molecule has 0 fully saturated rings. The zero-order chi connectivity index (χ0) is 13.8. The van der Waals surface area contributed by atoms with Crippen LogP contribution in [0, 0.1) is 0 Å². The van der Waals surface area contributed by atoms with Crippen molar-refractivity contribution in [1.29, 1.82) is 0 Å². The Morgan fingerprint density at radius 1 is 1.00 bits per heavy atom. The summed E-state index contributed by atoms with van der Waals surface area (Å²) < 4.78 is 7.55. The van der Waals surface area contributed by atoms with Gasteiger partial charge in [0.1, 0.15) is 5.75 Å². The first kappa shape index (κ1) is 12.8. The van der Waals surface area contributed by atoms with E-state index in [9.17, 15) is 0 Å². The number of hydrogen-bond acceptors (Lipinski definition) is 2. The monoisotopic (exact) mass is 284 g/mol. The van der Waals surface area contributed by atoms with Gasteiger partial charge in [-0.05, 0) is 23.8 Å². The van der Waals surface area contributed by atoms with Gasteiger partial charge in [-0.2, -0.15) is 5.10 Å². The highest BCUT2D eigenvalue weighted by atomic mass is 35.5. The van der Waals surface area contributed by atoms with Crippen LogP contribution in [0.2, 0.25) is 5.02 Å². The normalized spacial score (nSPS) is 10.4. The van der Waals surface area contributed by atoms with E-state index < -0.39 is 0 Å². The molecule has 0 bridgehead atoms. The fourth-order valence-electron chi connectivity index (χ4n) is 1.92. The third kappa shape index (κ3) is 3.19. The summed E-state index contributed by atoms with van der Waals surface area (Å²) in [6, 6.07) is 17.5. The third-order valence-electron chi connectivity index (χ3n) is 2.83. The van der Waals surface area contributed by atoms with Gasteiger partial charge in [-0.3, -0.25) is 4.68 Å². The molecule has 0 aliphatic heterocycles. The number of nitrogens with zero attached hydrogens (tertiary/aromatic N) is 2. The first-order chi connectivity index (χ1) is 9.79. The zero-order valence-corrected chi connectivity index (χ0v) is 11.5. The highest BCUT2D eigenvalue weighted by Gasteiger charge is 2.02. The van der Waals surface area contributed by atoms with E-state index in [-0.39, 0.29) is 0 Å². The number of rotatable bonds is 4. The van der Waals surface area contributed by atoms with E-state index in [1.165, 1.54) is 5.56 Å². The predicted molar refractivity (Wildman–Crippen MR) is 79.3 cm³/mol. The molecule has 0 radical (unpaired) electrons. The summed E-state index contributed by atoms with van der Waals surface area (Å²) in [6.45, 7) is 0.722. The van der Waals surface area contributed by atoms with Crippen molar-refractivity contribution in [1.82, 2.24) is 9.78 Å². The summed E-state index contributed by atoms with van der Waals surface area (Å²) in [7, 11) is 0. The van der Waals surface area contributed by atoms with Gasteiger partial charge in [-0.25, -0.2) is 0 Å². The molecule has 0 aliphatic rings. The largest absolute Gasteiger partial charge is 0.454 e. The number of halogens is 1. The smallest absolute Gasteiger partial charge is 0.165 e. The number of benzene rings is 2. The lowest BCUT2D eigenvalue weighted by atomic mass is 10.2. The Balaban J connectivity index is 1.71. The van der Waals surface area contributed by atoms with Gasteiger partial charge in [0.25, 0.3) is 0 Å². The minimum absolute atomic E-state index is 0.652. The van der Waals surface area contributed by atoms with Crippen LogP contribution < -0.4 is 4.74 Å². The third-order valence-corrected chi connectivity index (χ3v) is 3.06. The van der Waals surface area contributed by atoms with E-state index in [0.717, 1.165) is 6.54 Å². The van der Waals surface area contributed by atoms with Crippen molar-refractivity contribution < 1.29 is 4.74 Å². The van der Waals surface area contributed by atoms with Crippen LogP contribution in [0.1, 0.15) is 5.56 Å². The van der Waals surface area contributed by atoms with Gasteiger partial charge in [0.05, 0.1) is 18.9 Å². The Bertz CT molecular complexity index is 694. The minimum Gasteiger partial charge on any atom is -0.454 e. The summed E-state index contributed by atoms with van der Waals surface area (Å²) in [5.41, 5.74) is 1.20. The van der Waals surface area contributed by atoms with E-state index in [1.807, 2.05) is 47.3 Å². The molecule has 0 saturated heterocycles. The second-order valence-corrected chi connectivity index (χ2v) is 4.86. The first-order valence-corrected chi connectivity index (χ1v) is 6.67. The van der Waals surface area contributed by atoms with Crippen molar-refractivity contribution in [3.05, 3.63) is 77.6 Å². The van der Waals surface area contributed by atoms with Gasteiger partial charge in [0.15, 0.2) is 5.75 Å². The molecule has 3 rings (SSSR count). The number of aromatic nitrogens is 2. The molecule has 0 aliphatic carbocycles. The van der Waals surface area contributed by atoms with Crippen LogP contribution in [0.4, 0.5) is 0 Å². The second kappa shape index (κ2) is 5.80. The molecule has 1 heterocycles. The maximum atomic E-state index is 5.92. The molecule has 20 heavy (non-hydrogen) atoms. The average molecular weight is 285 g/mol. The van der Waals surface area contributed by atoms with Crippen molar-refractivity contribution in [3.8, 4) is 11.5 Å². The Morgan fingerprint density at radius 2 is 1.85 bits per heavy atom. The van der Waals surface area contributed by atoms with Crippen molar-refractivity contribution in [2.24, 2.45) is 0 Å². The topological polar surface area (TPSA) is 27.1 Å². The molecule has 2 aromatic carbocycles. The lowest BCUT2D eigenvalue weighted by molar-refractivity contribution is 0.481. The molecule has 0 saturated carbocycles. The van der Waals surface area contributed by atoms with Gasteiger partial charge in [0, 0.05) is 5.02 Å². The average Bonchev–Trinajstić information content (AvgIpc) is 2.87. The van der Waals surface area contributed by atoms with Crippen molar-refractivity contribution >= 4 is 11.6 Å². The van der Waals surface area contributed by atoms with E-state index in [2.05, 4.69) is 17.2 Å². The van der Waals surface area contributed by atoms with Gasteiger partial charge in [0.2, 0.25) is 0 Å². The Morgan fingerprint density at radius 3 is 2.65 bits per heavy atom. The maximum absolute atomic E-state index is 5.92. The van der Waals surface area contributed by atoms with Crippen LogP contribution in [-0.2, 0) is 6.54 Å². The SMILES string of the molecule is Clc1cccc(Oc2cnn(Cc3ccccc3)c2)c1. The van der Waals surface area contributed by atoms with Crippen LogP contribution in [-0.4, -0.2) is 9.78 Å². The molecule has 0 spiro atoms. The fourth-order valence-corrected chi connectivity index (χ4v) is 2.10. The Hall–Kier alpha value is -2.26.